The molecule has 4 nitrogen and oxygen atoms in total. The molecule has 1 amide bonds. The Morgan fingerprint density at radius 3 is 3.19 bits per heavy atom. The summed E-state index contributed by atoms with van der Waals surface area (Å²) in [5, 5.41) is 13.2. The monoisotopic (exact) mass is 241 g/mol. The summed E-state index contributed by atoms with van der Waals surface area (Å²) < 4.78 is 5.13. The van der Waals surface area contributed by atoms with Crippen LogP contribution in [0, 0.1) is 0 Å². The predicted molar refractivity (Wildman–Crippen MR) is 63.8 cm³/mol. The van der Waals surface area contributed by atoms with E-state index >= 15 is 0 Å². The van der Waals surface area contributed by atoms with Crippen LogP contribution in [0.2, 0.25) is 0 Å². The van der Waals surface area contributed by atoms with Crippen LogP contribution in [0.15, 0.2) is 34.3 Å². The van der Waals surface area contributed by atoms with Crippen LogP contribution >= 0.6 is 11.8 Å². The van der Waals surface area contributed by atoms with E-state index in [-0.39, 0.29) is 12.5 Å². The molecule has 0 aliphatic heterocycles. The predicted octanol–water partition coefficient (Wildman–Crippen LogP) is 1.52. The largest absolute Gasteiger partial charge is 0.468 e. The number of carbonyl (C=O) groups excluding carboxylic acids is 1. The van der Waals surface area contributed by atoms with E-state index in [0.717, 1.165) is 5.76 Å². The second kappa shape index (κ2) is 7.14. The van der Waals surface area contributed by atoms with E-state index in [1.807, 2.05) is 12.1 Å². The van der Waals surface area contributed by atoms with Crippen molar-refractivity contribution < 1.29 is 14.3 Å². The van der Waals surface area contributed by atoms with Gasteiger partial charge in [-0.15, -0.1) is 11.8 Å². The molecule has 1 rings (SSSR count). The Bertz CT molecular complexity index is 333. The minimum absolute atomic E-state index is 0.201. The lowest BCUT2D eigenvalue weighted by molar-refractivity contribution is -0.116. The van der Waals surface area contributed by atoms with Crippen LogP contribution < -0.4 is 5.32 Å². The fraction of sp³-hybridized carbons (Fsp3) is 0.364. The molecule has 0 saturated heterocycles. The molecular formula is C11H15NO3S. The summed E-state index contributed by atoms with van der Waals surface area (Å²) in [6.07, 6.45) is 2.54. The fourth-order valence-electron chi connectivity index (χ4n) is 0.942. The maximum Gasteiger partial charge on any atom is 0.244 e. The molecule has 0 spiro atoms. The fourth-order valence-corrected chi connectivity index (χ4v) is 1.59. The minimum atomic E-state index is -0.520. The Morgan fingerprint density at radius 2 is 2.56 bits per heavy atom. The number of nitrogens with one attached hydrogen (secondary N) is 1. The summed E-state index contributed by atoms with van der Waals surface area (Å²) in [5.41, 5.74) is 0. The number of rotatable bonds is 6. The Kier molecular flexibility index (Phi) is 5.74. The molecule has 0 saturated carbocycles. The van der Waals surface area contributed by atoms with Gasteiger partial charge in [0.1, 0.15) is 5.76 Å². The summed E-state index contributed by atoms with van der Waals surface area (Å²) in [5.74, 6) is 1.37. The van der Waals surface area contributed by atoms with E-state index in [2.05, 4.69) is 5.32 Å². The smallest absolute Gasteiger partial charge is 0.244 e. The van der Waals surface area contributed by atoms with Gasteiger partial charge in [-0.05, 0) is 24.5 Å². The molecule has 1 unspecified atom stereocenters. The highest BCUT2D eigenvalue weighted by Gasteiger charge is 1.98. The van der Waals surface area contributed by atoms with E-state index in [1.54, 1.807) is 18.6 Å². The third-order valence-electron chi connectivity index (χ3n) is 1.69. The van der Waals surface area contributed by atoms with Crippen molar-refractivity contribution in [3.8, 4) is 0 Å². The Balaban J connectivity index is 2.14. The molecule has 0 fully saturated rings. The van der Waals surface area contributed by atoms with E-state index in [9.17, 15) is 4.79 Å². The number of thioether (sulfide) groups is 1. The highest BCUT2D eigenvalue weighted by Crippen LogP contribution is 2.12. The van der Waals surface area contributed by atoms with Crippen molar-refractivity contribution in [3.63, 3.8) is 0 Å². The van der Waals surface area contributed by atoms with E-state index < -0.39 is 6.10 Å². The van der Waals surface area contributed by atoms with Crippen molar-refractivity contribution in [3.05, 3.63) is 35.6 Å². The first-order chi connectivity index (χ1) is 7.68. The number of furan rings is 1. The molecular weight excluding hydrogens is 226 g/mol. The van der Waals surface area contributed by atoms with E-state index in [1.165, 1.54) is 17.8 Å². The van der Waals surface area contributed by atoms with Gasteiger partial charge in [-0.3, -0.25) is 4.79 Å². The number of carbonyl (C=O) groups is 1. The zero-order valence-corrected chi connectivity index (χ0v) is 9.87. The summed E-state index contributed by atoms with van der Waals surface area (Å²) in [4.78, 5) is 11.2. The van der Waals surface area contributed by atoms with Crippen LogP contribution in [-0.2, 0) is 10.5 Å². The third kappa shape index (κ3) is 5.63. The van der Waals surface area contributed by atoms with E-state index in [4.69, 9.17) is 9.52 Å². The molecule has 1 aromatic heterocycles. The van der Waals surface area contributed by atoms with Gasteiger partial charge in [-0.2, -0.15) is 0 Å². The van der Waals surface area contributed by atoms with Crippen molar-refractivity contribution >= 4 is 17.7 Å². The van der Waals surface area contributed by atoms with E-state index in [0.29, 0.717) is 5.75 Å². The normalized spacial score (nSPS) is 12.9. The molecule has 1 heterocycles. The van der Waals surface area contributed by atoms with Crippen LogP contribution in [0.1, 0.15) is 12.7 Å². The second-order valence-electron chi connectivity index (χ2n) is 3.29. The number of amides is 1. The van der Waals surface area contributed by atoms with Gasteiger partial charge >= 0.3 is 0 Å². The molecule has 0 bridgehead atoms. The number of aliphatic hydroxyl groups excluding tert-OH is 1. The first kappa shape index (κ1) is 12.9. The molecule has 0 aliphatic rings. The molecule has 16 heavy (non-hydrogen) atoms. The minimum Gasteiger partial charge on any atom is -0.468 e. The number of aliphatic hydroxyl groups is 1. The quantitative estimate of drug-likeness (QED) is 0.741. The molecule has 1 atom stereocenters. The molecule has 2 N–H and O–H groups in total. The standard InChI is InChI=1S/C11H15NO3S/c1-9(13)7-12-11(14)4-6-16-8-10-3-2-5-15-10/h2-6,9,13H,7-8H2,1H3,(H,12,14)/b6-4+. The molecule has 0 radical (unpaired) electrons. The summed E-state index contributed by atoms with van der Waals surface area (Å²) in [6, 6.07) is 3.71. The second-order valence-corrected chi connectivity index (χ2v) is 4.18. The highest BCUT2D eigenvalue weighted by atomic mass is 32.2. The zero-order chi connectivity index (χ0) is 11.8. The summed E-state index contributed by atoms with van der Waals surface area (Å²) >= 11 is 1.48. The van der Waals surface area contributed by atoms with Crippen LogP contribution in [0.4, 0.5) is 0 Å². The molecule has 0 aliphatic carbocycles. The van der Waals surface area contributed by atoms with Gasteiger partial charge in [-0.25, -0.2) is 0 Å². The van der Waals surface area contributed by atoms with Crippen molar-refractivity contribution in [2.75, 3.05) is 6.54 Å². The van der Waals surface area contributed by atoms with Gasteiger partial charge in [0.25, 0.3) is 0 Å². The highest BCUT2D eigenvalue weighted by molar-refractivity contribution is 8.01. The molecule has 1 aromatic rings. The van der Waals surface area contributed by atoms with Gasteiger partial charge < -0.3 is 14.8 Å². The number of hydrogen-bond acceptors (Lipinski definition) is 4. The number of hydrogen-bond donors (Lipinski definition) is 2. The maximum absolute atomic E-state index is 11.2. The van der Waals surface area contributed by atoms with Crippen molar-refractivity contribution in [1.82, 2.24) is 5.32 Å². The van der Waals surface area contributed by atoms with Gasteiger partial charge in [-0.1, -0.05) is 0 Å². The lowest BCUT2D eigenvalue weighted by Gasteiger charge is -2.03. The topological polar surface area (TPSA) is 62.5 Å². The van der Waals surface area contributed by atoms with Gasteiger partial charge in [0, 0.05) is 12.6 Å². The molecule has 0 aromatic carbocycles. The van der Waals surface area contributed by atoms with Crippen LogP contribution in [0.5, 0.6) is 0 Å². The van der Waals surface area contributed by atoms with Crippen molar-refractivity contribution in [2.45, 2.75) is 18.8 Å². The van der Waals surface area contributed by atoms with Crippen molar-refractivity contribution in [2.24, 2.45) is 0 Å². The zero-order valence-electron chi connectivity index (χ0n) is 9.05. The molecule has 88 valence electrons. The van der Waals surface area contributed by atoms with Gasteiger partial charge in [0.15, 0.2) is 0 Å². The Morgan fingerprint density at radius 1 is 1.75 bits per heavy atom. The maximum atomic E-state index is 11.2. The first-order valence-electron chi connectivity index (χ1n) is 4.95. The summed E-state index contributed by atoms with van der Waals surface area (Å²) in [6.45, 7) is 1.89. The van der Waals surface area contributed by atoms with Crippen LogP contribution in [0.25, 0.3) is 0 Å². The van der Waals surface area contributed by atoms with Crippen LogP contribution in [0.3, 0.4) is 0 Å². The van der Waals surface area contributed by atoms with Gasteiger partial charge in [0.05, 0.1) is 18.1 Å². The Hall–Kier alpha value is -1.20. The average Bonchev–Trinajstić information content (AvgIpc) is 2.74. The average molecular weight is 241 g/mol. The lowest BCUT2D eigenvalue weighted by Crippen LogP contribution is -2.28. The third-order valence-corrected chi connectivity index (χ3v) is 2.47. The Labute approximate surface area is 98.7 Å². The van der Waals surface area contributed by atoms with Crippen molar-refractivity contribution in [1.29, 1.82) is 0 Å². The van der Waals surface area contributed by atoms with Gasteiger partial charge in [0.2, 0.25) is 5.91 Å². The summed E-state index contributed by atoms with van der Waals surface area (Å²) in [7, 11) is 0. The molecule has 5 heteroatoms. The SMILES string of the molecule is CC(O)CNC(=O)/C=C/SCc1ccco1. The lowest BCUT2D eigenvalue weighted by atomic mass is 10.4. The first-order valence-corrected chi connectivity index (χ1v) is 6.00. The van der Waals surface area contributed by atoms with Crippen LogP contribution in [-0.4, -0.2) is 23.7 Å².